The Balaban J connectivity index is 1.48. The van der Waals surface area contributed by atoms with Gasteiger partial charge in [0.1, 0.15) is 0 Å². The average molecular weight is 479 g/mol. The van der Waals surface area contributed by atoms with Crippen LogP contribution in [0.25, 0.3) is 10.8 Å². The summed E-state index contributed by atoms with van der Waals surface area (Å²) in [7, 11) is -1.50. The summed E-state index contributed by atoms with van der Waals surface area (Å²) in [6.45, 7) is 2.96. The molecule has 1 aliphatic heterocycles. The number of carbonyl (C=O) groups excluding carboxylic acids is 2. The number of amides is 2. The van der Waals surface area contributed by atoms with Gasteiger partial charge in [-0.15, -0.1) is 0 Å². The zero-order valence-electron chi connectivity index (χ0n) is 19.8. The number of carbonyl (C=O) groups is 2. The van der Waals surface area contributed by atoms with E-state index >= 15 is 0 Å². The third-order valence-electron chi connectivity index (χ3n) is 6.80. The van der Waals surface area contributed by atoms with Gasteiger partial charge in [0.2, 0.25) is 5.91 Å². The molecule has 2 amide bonds. The van der Waals surface area contributed by atoms with Crippen LogP contribution in [0.1, 0.15) is 41.7 Å². The monoisotopic (exact) mass is 478 g/mol. The first kappa shape index (κ1) is 24.0. The molecule has 2 atom stereocenters. The molecule has 34 heavy (non-hydrogen) atoms. The standard InChI is InChI=1S/C27H30N2O4S/c1-19(20-13-15-23(16-14-20)34(3,32)33)28(2)26(30)22-10-7-17-29(18-22)27(31)25-12-6-9-21-8-4-5-11-24(21)25/h4-6,8-9,11-16,19,22H,7,10,17-18H2,1-3H3. The second kappa shape index (κ2) is 9.58. The molecule has 0 saturated carbocycles. The second-order valence-corrected chi connectivity index (χ2v) is 11.1. The maximum Gasteiger partial charge on any atom is 0.254 e. The van der Waals surface area contributed by atoms with Crippen LogP contribution < -0.4 is 0 Å². The highest BCUT2D eigenvalue weighted by Crippen LogP contribution is 2.27. The Hall–Kier alpha value is -3.19. The van der Waals surface area contributed by atoms with E-state index in [4.69, 9.17) is 0 Å². The molecule has 0 radical (unpaired) electrons. The molecule has 1 heterocycles. The van der Waals surface area contributed by atoms with Gasteiger partial charge < -0.3 is 9.80 Å². The Labute approximate surface area is 201 Å². The van der Waals surface area contributed by atoms with Crippen LogP contribution in [0.4, 0.5) is 0 Å². The van der Waals surface area contributed by atoms with Crippen LogP contribution >= 0.6 is 0 Å². The van der Waals surface area contributed by atoms with Gasteiger partial charge >= 0.3 is 0 Å². The molecule has 0 bridgehead atoms. The molecule has 178 valence electrons. The Morgan fingerprint density at radius 1 is 1.00 bits per heavy atom. The minimum absolute atomic E-state index is 0.00453. The fraction of sp³-hybridized carbons (Fsp3) is 0.333. The summed E-state index contributed by atoms with van der Waals surface area (Å²) in [5.74, 6) is -0.313. The summed E-state index contributed by atoms with van der Waals surface area (Å²) in [4.78, 5) is 30.5. The molecule has 0 aromatic heterocycles. The number of rotatable bonds is 5. The lowest BCUT2D eigenvalue weighted by atomic mass is 9.94. The lowest BCUT2D eigenvalue weighted by Gasteiger charge is -2.36. The third kappa shape index (κ3) is 4.85. The Morgan fingerprint density at radius 2 is 1.68 bits per heavy atom. The van der Waals surface area contributed by atoms with Crippen molar-refractivity contribution >= 4 is 32.4 Å². The van der Waals surface area contributed by atoms with Crippen LogP contribution in [-0.4, -0.2) is 56.4 Å². The molecule has 6 nitrogen and oxygen atoms in total. The topological polar surface area (TPSA) is 74.8 Å². The fourth-order valence-corrected chi connectivity index (χ4v) is 5.27. The minimum atomic E-state index is -3.27. The first-order valence-electron chi connectivity index (χ1n) is 11.5. The summed E-state index contributed by atoms with van der Waals surface area (Å²) in [6, 6.07) is 20.0. The van der Waals surface area contributed by atoms with E-state index in [0.29, 0.717) is 18.7 Å². The molecule has 0 N–H and O–H groups in total. The van der Waals surface area contributed by atoms with Crippen molar-refractivity contribution in [2.24, 2.45) is 5.92 Å². The number of benzene rings is 3. The number of hydrogen-bond acceptors (Lipinski definition) is 4. The largest absolute Gasteiger partial charge is 0.339 e. The normalized spacial score (nSPS) is 17.4. The number of sulfone groups is 1. The molecule has 7 heteroatoms. The zero-order valence-corrected chi connectivity index (χ0v) is 20.6. The van der Waals surface area contributed by atoms with Crippen LogP contribution in [0.3, 0.4) is 0 Å². The molecule has 4 rings (SSSR count). The highest BCUT2D eigenvalue weighted by atomic mass is 32.2. The molecular formula is C27H30N2O4S. The van der Waals surface area contributed by atoms with Gasteiger partial charge in [-0.05, 0) is 54.3 Å². The van der Waals surface area contributed by atoms with Gasteiger partial charge in [-0.1, -0.05) is 48.5 Å². The summed E-state index contributed by atoms with van der Waals surface area (Å²) in [6.07, 6.45) is 2.69. The first-order chi connectivity index (χ1) is 16.2. The summed E-state index contributed by atoms with van der Waals surface area (Å²) < 4.78 is 23.5. The number of fused-ring (bicyclic) bond motifs is 1. The molecular weight excluding hydrogens is 448 g/mol. The highest BCUT2D eigenvalue weighted by molar-refractivity contribution is 7.90. The zero-order chi connectivity index (χ0) is 24.5. The number of hydrogen-bond donors (Lipinski definition) is 0. The van der Waals surface area contributed by atoms with E-state index in [1.807, 2.05) is 49.4 Å². The summed E-state index contributed by atoms with van der Waals surface area (Å²) in [5, 5.41) is 1.94. The van der Waals surface area contributed by atoms with Gasteiger partial charge in [-0.25, -0.2) is 8.42 Å². The quantitative estimate of drug-likeness (QED) is 0.548. The van der Waals surface area contributed by atoms with Crippen molar-refractivity contribution in [1.29, 1.82) is 0 Å². The molecule has 2 unspecified atom stereocenters. The van der Waals surface area contributed by atoms with Crippen LogP contribution in [0.2, 0.25) is 0 Å². The molecule has 1 fully saturated rings. The smallest absolute Gasteiger partial charge is 0.254 e. The molecule has 1 saturated heterocycles. The van der Waals surface area contributed by atoms with Gasteiger partial charge in [0.05, 0.1) is 16.9 Å². The molecule has 0 aliphatic carbocycles. The van der Waals surface area contributed by atoms with Gasteiger partial charge in [0.25, 0.3) is 5.91 Å². The van der Waals surface area contributed by atoms with Crippen LogP contribution in [0.15, 0.2) is 71.6 Å². The van der Waals surface area contributed by atoms with E-state index in [2.05, 4.69) is 0 Å². The van der Waals surface area contributed by atoms with Crippen molar-refractivity contribution in [3.05, 3.63) is 77.9 Å². The molecule has 3 aromatic rings. The van der Waals surface area contributed by atoms with Crippen LogP contribution in [0, 0.1) is 5.92 Å². The predicted molar refractivity (Wildman–Crippen MR) is 133 cm³/mol. The lowest BCUT2D eigenvalue weighted by molar-refractivity contribution is -0.137. The fourth-order valence-electron chi connectivity index (χ4n) is 4.64. The lowest BCUT2D eigenvalue weighted by Crippen LogP contribution is -2.46. The number of nitrogens with zero attached hydrogens (tertiary/aromatic N) is 2. The Bertz CT molecular complexity index is 1310. The van der Waals surface area contributed by atoms with E-state index in [1.54, 1.807) is 41.1 Å². The van der Waals surface area contributed by atoms with E-state index in [-0.39, 0.29) is 28.7 Å². The number of likely N-dealkylation sites (tertiary alicyclic amines) is 1. The van der Waals surface area contributed by atoms with Crippen molar-refractivity contribution in [1.82, 2.24) is 9.80 Å². The predicted octanol–water partition coefficient (Wildman–Crippen LogP) is 4.32. The van der Waals surface area contributed by atoms with Gasteiger partial charge in [0.15, 0.2) is 9.84 Å². The maximum atomic E-state index is 13.4. The van der Waals surface area contributed by atoms with Gasteiger partial charge in [-0.3, -0.25) is 9.59 Å². The van der Waals surface area contributed by atoms with E-state index < -0.39 is 9.84 Å². The van der Waals surface area contributed by atoms with Crippen molar-refractivity contribution < 1.29 is 18.0 Å². The highest BCUT2D eigenvalue weighted by Gasteiger charge is 2.32. The van der Waals surface area contributed by atoms with Gasteiger partial charge in [0, 0.05) is 32.0 Å². The minimum Gasteiger partial charge on any atom is -0.339 e. The maximum absolute atomic E-state index is 13.4. The van der Waals surface area contributed by atoms with Crippen molar-refractivity contribution in [3.63, 3.8) is 0 Å². The Morgan fingerprint density at radius 3 is 2.38 bits per heavy atom. The molecule has 0 spiro atoms. The van der Waals surface area contributed by atoms with Crippen molar-refractivity contribution in [2.75, 3.05) is 26.4 Å². The van der Waals surface area contributed by atoms with E-state index in [9.17, 15) is 18.0 Å². The van der Waals surface area contributed by atoms with Crippen LogP contribution in [0.5, 0.6) is 0 Å². The number of piperidine rings is 1. The third-order valence-corrected chi connectivity index (χ3v) is 7.93. The van der Waals surface area contributed by atoms with Gasteiger partial charge in [-0.2, -0.15) is 0 Å². The van der Waals surface area contributed by atoms with Crippen molar-refractivity contribution in [3.8, 4) is 0 Å². The summed E-state index contributed by atoms with van der Waals surface area (Å²) in [5.41, 5.74) is 1.53. The van der Waals surface area contributed by atoms with Crippen molar-refractivity contribution in [2.45, 2.75) is 30.7 Å². The van der Waals surface area contributed by atoms with Crippen LogP contribution in [-0.2, 0) is 14.6 Å². The first-order valence-corrected chi connectivity index (χ1v) is 13.4. The van der Waals surface area contributed by atoms with E-state index in [1.165, 1.54) is 6.26 Å². The average Bonchev–Trinajstić information content (AvgIpc) is 2.86. The summed E-state index contributed by atoms with van der Waals surface area (Å²) >= 11 is 0. The molecule has 1 aliphatic rings. The SMILES string of the molecule is CC(c1ccc(S(C)(=O)=O)cc1)N(C)C(=O)C1CCCN(C(=O)c2cccc3ccccc23)C1. The molecule has 3 aromatic carbocycles. The second-order valence-electron chi connectivity index (χ2n) is 9.08. The Kier molecular flexibility index (Phi) is 6.75. The van der Waals surface area contributed by atoms with E-state index in [0.717, 1.165) is 29.2 Å².